The molecule has 0 atom stereocenters. The van der Waals surface area contributed by atoms with Gasteiger partial charge in [0.15, 0.2) is 0 Å². The summed E-state index contributed by atoms with van der Waals surface area (Å²) in [4.78, 5) is 22.9. The van der Waals surface area contributed by atoms with Gasteiger partial charge in [0.2, 0.25) is 0 Å². The highest BCUT2D eigenvalue weighted by molar-refractivity contribution is 7.13. The second kappa shape index (κ2) is 7.03. The monoisotopic (exact) mass is 411 g/mol. The fourth-order valence-electron chi connectivity index (χ4n) is 4.42. The minimum atomic E-state index is 0.0538. The lowest BCUT2D eigenvalue weighted by Gasteiger charge is -2.18. The molecule has 5 heteroatoms. The number of hydrogen-bond donors (Lipinski definition) is 0. The van der Waals surface area contributed by atoms with Crippen LogP contribution in [0, 0.1) is 0 Å². The standard InChI is InChI=1S/C25H21N3OS/c29-25-20(24-27-22(15-30-24)18-8-9-18)13-19(16-5-2-1-3-6-16)23-21-14-26-11-10-17(21)7-4-12-28(23)25/h1-3,5-6,10-11,13-15,18H,4,7-9,12H2. The molecule has 4 aromatic rings. The van der Waals surface area contributed by atoms with E-state index in [0.717, 1.165) is 45.9 Å². The first-order valence-electron chi connectivity index (χ1n) is 10.5. The molecular formula is C25H21N3OS. The van der Waals surface area contributed by atoms with Crippen LogP contribution in [0.1, 0.15) is 36.4 Å². The average molecular weight is 412 g/mol. The molecule has 1 saturated carbocycles. The summed E-state index contributed by atoms with van der Waals surface area (Å²) in [5.74, 6) is 0.588. The zero-order chi connectivity index (χ0) is 20.1. The Hall–Kier alpha value is -3.05. The van der Waals surface area contributed by atoms with Gasteiger partial charge >= 0.3 is 0 Å². The van der Waals surface area contributed by atoms with E-state index >= 15 is 0 Å². The van der Waals surface area contributed by atoms with E-state index in [4.69, 9.17) is 4.98 Å². The largest absolute Gasteiger partial charge is 0.307 e. The molecule has 1 aliphatic heterocycles. The number of nitrogens with zero attached hydrogens (tertiary/aromatic N) is 3. The van der Waals surface area contributed by atoms with E-state index in [9.17, 15) is 4.79 Å². The molecule has 0 amide bonds. The SMILES string of the molecule is O=c1c(-c2nc(C3CC3)cs2)cc(-c2ccccc2)c2n1CCCc1ccncc1-2. The summed E-state index contributed by atoms with van der Waals surface area (Å²) in [7, 11) is 0. The van der Waals surface area contributed by atoms with Gasteiger partial charge in [-0.1, -0.05) is 30.3 Å². The van der Waals surface area contributed by atoms with Crippen LogP contribution in [-0.2, 0) is 13.0 Å². The molecule has 0 bridgehead atoms. The van der Waals surface area contributed by atoms with Gasteiger partial charge in [0.1, 0.15) is 5.01 Å². The van der Waals surface area contributed by atoms with Crippen LogP contribution >= 0.6 is 11.3 Å². The molecule has 6 rings (SSSR count). The summed E-state index contributed by atoms with van der Waals surface area (Å²) in [5.41, 5.74) is 7.39. The third kappa shape index (κ3) is 2.92. The maximum atomic E-state index is 13.7. The highest BCUT2D eigenvalue weighted by atomic mass is 32.1. The molecule has 3 aromatic heterocycles. The zero-order valence-corrected chi connectivity index (χ0v) is 17.4. The summed E-state index contributed by atoms with van der Waals surface area (Å²) in [5, 5.41) is 2.97. The fourth-order valence-corrected chi connectivity index (χ4v) is 5.33. The lowest BCUT2D eigenvalue weighted by Crippen LogP contribution is -2.23. The quantitative estimate of drug-likeness (QED) is 0.446. The maximum Gasteiger partial charge on any atom is 0.261 e. The number of aryl methyl sites for hydroxylation is 1. The molecule has 30 heavy (non-hydrogen) atoms. The number of aromatic nitrogens is 3. The fraction of sp³-hybridized carbons (Fsp3) is 0.240. The van der Waals surface area contributed by atoms with Gasteiger partial charge in [0, 0.05) is 41.4 Å². The third-order valence-electron chi connectivity index (χ3n) is 6.12. The predicted molar refractivity (Wildman–Crippen MR) is 121 cm³/mol. The third-order valence-corrected chi connectivity index (χ3v) is 7.01. The van der Waals surface area contributed by atoms with Gasteiger partial charge in [-0.05, 0) is 48.9 Å². The highest BCUT2D eigenvalue weighted by Crippen LogP contribution is 2.42. The summed E-state index contributed by atoms with van der Waals surface area (Å²) < 4.78 is 1.96. The molecule has 0 unspecified atom stereocenters. The number of benzene rings is 1. The van der Waals surface area contributed by atoms with Crippen molar-refractivity contribution in [2.75, 3.05) is 0 Å². The lowest BCUT2D eigenvalue weighted by molar-refractivity contribution is 0.642. The Morgan fingerprint density at radius 1 is 1.03 bits per heavy atom. The van der Waals surface area contributed by atoms with Gasteiger partial charge in [0.05, 0.1) is 17.0 Å². The molecule has 4 nitrogen and oxygen atoms in total. The van der Waals surface area contributed by atoms with E-state index in [0.29, 0.717) is 18.0 Å². The van der Waals surface area contributed by atoms with Crippen LogP contribution in [0.15, 0.2) is 65.0 Å². The van der Waals surface area contributed by atoms with Crippen molar-refractivity contribution in [3.05, 3.63) is 81.8 Å². The molecule has 0 saturated heterocycles. The Morgan fingerprint density at radius 3 is 2.73 bits per heavy atom. The van der Waals surface area contributed by atoms with E-state index < -0.39 is 0 Å². The summed E-state index contributed by atoms with van der Waals surface area (Å²) >= 11 is 1.59. The van der Waals surface area contributed by atoms with E-state index in [1.807, 2.05) is 35.2 Å². The summed E-state index contributed by atoms with van der Waals surface area (Å²) in [6, 6.07) is 14.5. The average Bonchev–Trinajstić information content (AvgIpc) is 3.56. The molecule has 4 heterocycles. The van der Waals surface area contributed by atoms with Crippen LogP contribution in [0.5, 0.6) is 0 Å². The molecule has 0 N–H and O–H groups in total. The first-order chi connectivity index (χ1) is 14.8. The van der Waals surface area contributed by atoms with Gasteiger partial charge in [-0.3, -0.25) is 9.78 Å². The van der Waals surface area contributed by atoms with Gasteiger partial charge in [-0.15, -0.1) is 11.3 Å². The Bertz CT molecular complexity index is 1300. The van der Waals surface area contributed by atoms with Crippen molar-refractivity contribution in [3.8, 4) is 33.0 Å². The summed E-state index contributed by atoms with van der Waals surface area (Å²) in [6.45, 7) is 0.706. The number of rotatable bonds is 3. The van der Waals surface area contributed by atoms with Gasteiger partial charge in [-0.2, -0.15) is 0 Å². The van der Waals surface area contributed by atoms with E-state index in [-0.39, 0.29) is 5.56 Å². The minimum absolute atomic E-state index is 0.0538. The van der Waals surface area contributed by atoms with Crippen LogP contribution in [0.3, 0.4) is 0 Å². The number of fused-ring (bicyclic) bond motifs is 3. The molecule has 2 aliphatic rings. The Balaban J connectivity index is 1.65. The topological polar surface area (TPSA) is 47.8 Å². The van der Waals surface area contributed by atoms with Crippen molar-refractivity contribution in [1.82, 2.24) is 14.5 Å². The molecule has 0 radical (unpaired) electrons. The van der Waals surface area contributed by atoms with Gasteiger partial charge < -0.3 is 4.57 Å². The van der Waals surface area contributed by atoms with E-state index in [1.54, 1.807) is 11.3 Å². The second-order valence-corrected chi connectivity index (χ2v) is 8.99. The second-order valence-electron chi connectivity index (χ2n) is 8.13. The molecule has 148 valence electrons. The number of thiazole rings is 1. The van der Waals surface area contributed by atoms with Crippen molar-refractivity contribution in [2.24, 2.45) is 0 Å². The Morgan fingerprint density at radius 2 is 1.90 bits per heavy atom. The van der Waals surface area contributed by atoms with Crippen molar-refractivity contribution >= 4 is 11.3 Å². The minimum Gasteiger partial charge on any atom is -0.307 e. The van der Waals surface area contributed by atoms with Crippen molar-refractivity contribution < 1.29 is 0 Å². The normalized spacial score (nSPS) is 15.3. The highest BCUT2D eigenvalue weighted by Gasteiger charge is 2.28. The van der Waals surface area contributed by atoms with Crippen LogP contribution in [0.2, 0.25) is 0 Å². The van der Waals surface area contributed by atoms with Crippen molar-refractivity contribution in [1.29, 1.82) is 0 Å². The molecule has 1 aromatic carbocycles. The molecule has 1 fully saturated rings. The Labute approximate surface area is 178 Å². The van der Waals surface area contributed by atoms with Crippen molar-refractivity contribution in [3.63, 3.8) is 0 Å². The van der Waals surface area contributed by atoms with E-state index in [1.165, 1.54) is 18.4 Å². The molecule has 0 spiro atoms. The summed E-state index contributed by atoms with van der Waals surface area (Å²) in [6.07, 6.45) is 8.07. The maximum absolute atomic E-state index is 13.7. The van der Waals surface area contributed by atoms with Gasteiger partial charge in [0.25, 0.3) is 5.56 Å². The molecular weight excluding hydrogens is 390 g/mol. The number of pyridine rings is 2. The smallest absolute Gasteiger partial charge is 0.261 e. The van der Waals surface area contributed by atoms with Crippen LogP contribution < -0.4 is 5.56 Å². The predicted octanol–water partition coefficient (Wildman–Crippen LogP) is 5.52. The molecule has 1 aliphatic carbocycles. The zero-order valence-electron chi connectivity index (χ0n) is 16.5. The first kappa shape index (κ1) is 17.8. The van der Waals surface area contributed by atoms with Gasteiger partial charge in [-0.25, -0.2) is 4.98 Å². The lowest BCUT2D eigenvalue weighted by atomic mass is 9.95. The van der Waals surface area contributed by atoms with E-state index in [2.05, 4.69) is 34.6 Å². The Kier molecular flexibility index (Phi) is 4.16. The van der Waals surface area contributed by atoms with Crippen molar-refractivity contribution in [2.45, 2.75) is 38.1 Å². The van der Waals surface area contributed by atoms with Crippen LogP contribution in [0.4, 0.5) is 0 Å². The first-order valence-corrected chi connectivity index (χ1v) is 11.4. The van der Waals surface area contributed by atoms with Crippen LogP contribution in [0.25, 0.3) is 33.0 Å². The van der Waals surface area contributed by atoms with Crippen LogP contribution in [-0.4, -0.2) is 14.5 Å². The number of hydrogen-bond acceptors (Lipinski definition) is 4.